The van der Waals surface area contributed by atoms with Gasteiger partial charge in [-0.15, -0.1) is 0 Å². The van der Waals surface area contributed by atoms with Crippen LogP contribution in [0.3, 0.4) is 0 Å². The molecule has 0 fully saturated rings. The highest BCUT2D eigenvalue weighted by Crippen LogP contribution is 2.34. The molecule has 0 radical (unpaired) electrons. The number of hydrogen-bond donors (Lipinski definition) is 1. The minimum absolute atomic E-state index is 0.405. The molecule has 0 atom stereocenters. The van der Waals surface area contributed by atoms with E-state index >= 15 is 0 Å². The van der Waals surface area contributed by atoms with Gasteiger partial charge in [0.2, 0.25) is 0 Å². The summed E-state index contributed by atoms with van der Waals surface area (Å²) in [5, 5.41) is 3.13. The maximum absolute atomic E-state index is 12.6. The normalized spacial score (nSPS) is 11.5. The Morgan fingerprint density at radius 3 is 2.14 bits per heavy atom. The monoisotopic (exact) mass is 357 g/mol. The fourth-order valence-corrected chi connectivity index (χ4v) is 2.44. The fraction of sp³-hybridized carbons (Fsp3) is 0.250. The Morgan fingerprint density at radius 2 is 1.62 bits per heavy atom. The summed E-state index contributed by atoms with van der Waals surface area (Å²) in [4.78, 5) is 0. The maximum atomic E-state index is 12.6. The molecular formula is C16H15BrF3N. The van der Waals surface area contributed by atoms with Crippen LogP contribution in [0, 0.1) is 0 Å². The molecule has 0 bridgehead atoms. The molecule has 2 aromatic rings. The van der Waals surface area contributed by atoms with Crippen molar-refractivity contribution in [3.8, 4) is 0 Å². The van der Waals surface area contributed by atoms with Gasteiger partial charge in [-0.05, 0) is 51.7 Å². The van der Waals surface area contributed by atoms with Gasteiger partial charge in [-0.1, -0.05) is 31.2 Å². The first kappa shape index (κ1) is 15.9. The van der Waals surface area contributed by atoms with E-state index < -0.39 is 11.7 Å². The molecule has 21 heavy (non-hydrogen) atoms. The van der Waals surface area contributed by atoms with Crippen molar-refractivity contribution in [2.24, 2.45) is 0 Å². The van der Waals surface area contributed by atoms with Crippen LogP contribution in [0.2, 0.25) is 0 Å². The molecule has 0 aliphatic rings. The average Bonchev–Trinajstić information content (AvgIpc) is 2.45. The van der Waals surface area contributed by atoms with E-state index in [0.717, 1.165) is 24.1 Å². The van der Waals surface area contributed by atoms with Gasteiger partial charge in [0.15, 0.2) is 0 Å². The SMILES string of the molecule is CCc1ccc(CNc2ccc(C(F)(F)F)cc2Br)cc1. The van der Waals surface area contributed by atoms with Gasteiger partial charge in [-0.25, -0.2) is 0 Å². The minimum Gasteiger partial charge on any atom is -0.380 e. The summed E-state index contributed by atoms with van der Waals surface area (Å²) in [5.74, 6) is 0. The number of aryl methyl sites for hydroxylation is 1. The predicted octanol–water partition coefficient (Wildman–Crippen LogP) is 5.64. The van der Waals surface area contributed by atoms with Crippen molar-refractivity contribution in [2.45, 2.75) is 26.1 Å². The van der Waals surface area contributed by atoms with Gasteiger partial charge in [0.25, 0.3) is 0 Å². The number of nitrogens with one attached hydrogen (secondary N) is 1. The third-order valence-electron chi connectivity index (χ3n) is 3.21. The van der Waals surface area contributed by atoms with Crippen LogP contribution < -0.4 is 5.32 Å². The van der Waals surface area contributed by atoms with Crippen molar-refractivity contribution in [1.82, 2.24) is 0 Å². The van der Waals surface area contributed by atoms with E-state index in [1.54, 1.807) is 0 Å². The molecule has 0 saturated heterocycles. The van der Waals surface area contributed by atoms with Crippen LogP contribution in [-0.4, -0.2) is 0 Å². The van der Waals surface area contributed by atoms with E-state index in [-0.39, 0.29) is 0 Å². The lowest BCUT2D eigenvalue weighted by atomic mass is 10.1. The van der Waals surface area contributed by atoms with E-state index in [2.05, 4.69) is 40.3 Å². The lowest BCUT2D eigenvalue weighted by Crippen LogP contribution is -2.06. The molecule has 0 spiro atoms. The molecular weight excluding hydrogens is 343 g/mol. The quantitative estimate of drug-likeness (QED) is 0.746. The van der Waals surface area contributed by atoms with Crippen molar-refractivity contribution in [3.63, 3.8) is 0 Å². The molecule has 0 unspecified atom stereocenters. The number of benzene rings is 2. The summed E-state index contributed by atoms with van der Waals surface area (Å²) in [5.41, 5.74) is 2.32. The van der Waals surface area contributed by atoms with Crippen LogP contribution in [0.15, 0.2) is 46.9 Å². The first-order valence-electron chi connectivity index (χ1n) is 6.58. The molecule has 1 nitrogen and oxygen atoms in total. The zero-order valence-electron chi connectivity index (χ0n) is 11.5. The second kappa shape index (κ2) is 6.52. The molecule has 0 aliphatic heterocycles. The standard InChI is InChI=1S/C16H15BrF3N/c1-2-11-3-5-12(6-4-11)10-21-15-8-7-13(9-14(15)17)16(18,19)20/h3-9,21H,2,10H2,1H3. The van der Waals surface area contributed by atoms with Gasteiger partial charge in [-0.3, -0.25) is 0 Å². The summed E-state index contributed by atoms with van der Waals surface area (Å²) < 4.78 is 38.1. The summed E-state index contributed by atoms with van der Waals surface area (Å²) in [6, 6.07) is 11.7. The molecule has 0 aromatic heterocycles. The van der Waals surface area contributed by atoms with E-state index in [4.69, 9.17) is 0 Å². The average molecular weight is 358 g/mol. The number of anilines is 1. The minimum atomic E-state index is -4.32. The third kappa shape index (κ3) is 4.24. The van der Waals surface area contributed by atoms with Crippen molar-refractivity contribution in [3.05, 3.63) is 63.6 Å². The van der Waals surface area contributed by atoms with E-state index in [1.165, 1.54) is 11.6 Å². The maximum Gasteiger partial charge on any atom is 0.416 e. The van der Waals surface area contributed by atoms with E-state index in [9.17, 15) is 13.2 Å². The molecule has 5 heteroatoms. The fourth-order valence-electron chi connectivity index (χ4n) is 1.92. The van der Waals surface area contributed by atoms with Crippen molar-refractivity contribution in [1.29, 1.82) is 0 Å². The number of hydrogen-bond acceptors (Lipinski definition) is 1. The van der Waals surface area contributed by atoms with Gasteiger partial charge in [0.1, 0.15) is 0 Å². The van der Waals surface area contributed by atoms with Crippen molar-refractivity contribution in [2.75, 3.05) is 5.32 Å². The van der Waals surface area contributed by atoms with E-state index in [0.29, 0.717) is 16.7 Å². The highest BCUT2D eigenvalue weighted by atomic mass is 79.9. The van der Waals surface area contributed by atoms with Crippen LogP contribution in [-0.2, 0) is 19.1 Å². The van der Waals surface area contributed by atoms with Crippen LogP contribution in [0.25, 0.3) is 0 Å². The second-order valence-corrected chi connectivity index (χ2v) is 5.57. The zero-order chi connectivity index (χ0) is 15.5. The number of rotatable bonds is 4. The van der Waals surface area contributed by atoms with E-state index in [1.807, 2.05) is 12.1 Å². The molecule has 112 valence electrons. The second-order valence-electron chi connectivity index (χ2n) is 4.72. The third-order valence-corrected chi connectivity index (χ3v) is 3.87. The molecule has 0 heterocycles. The Hall–Kier alpha value is -1.49. The van der Waals surface area contributed by atoms with Gasteiger partial charge in [0, 0.05) is 16.7 Å². The van der Waals surface area contributed by atoms with Gasteiger partial charge in [0.05, 0.1) is 5.56 Å². The largest absolute Gasteiger partial charge is 0.416 e. The first-order chi connectivity index (χ1) is 9.90. The molecule has 0 saturated carbocycles. The Balaban J connectivity index is 2.06. The predicted molar refractivity (Wildman–Crippen MR) is 82.3 cm³/mol. The molecule has 0 aliphatic carbocycles. The number of alkyl halides is 3. The summed E-state index contributed by atoms with van der Waals surface area (Å²) in [7, 11) is 0. The highest BCUT2D eigenvalue weighted by molar-refractivity contribution is 9.10. The van der Waals surface area contributed by atoms with Crippen molar-refractivity contribution >= 4 is 21.6 Å². The summed E-state index contributed by atoms with van der Waals surface area (Å²) in [6.45, 7) is 2.65. The smallest absolute Gasteiger partial charge is 0.380 e. The van der Waals surface area contributed by atoms with Crippen LogP contribution in [0.5, 0.6) is 0 Å². The Kier molecular flexibility index (Phi) is 4.93. The topological polar surface area (TPSA) is 12.0 Å². The first-order valence-corrected chi connectivity index (χ1v) is 7.38. The summed E-state index contributed by atoms with van der Waals surface area (Å²) in [6.07, 6.45) is -3.34. The van der Waals surface area contributed by atoms with Crippen molar-refractivity contribution < 1.29 is 13.2 Å². The Bertz CT molecular complexity index is 606. The van der Waals surface area contributed by atoms with Crippen LogP contribution >= 0.6 is 15.9 Å². The Labute approximate surface area is 130 Å². The van der Waals surface area contributed by atoms with Gasteiger partial charge >= 0.3 is 6.18 Å². The molecule has 2 aromatic carbocycles. The highest BCUT2D eigenvalue weighted by Gasteiger charge is 2.30. The van der Waals surface area contributed by atoms with Crippen LogP contribution in [0.4, 0.5) is 18.9 Å². The lowest BCUT2D eigenvalue weighted by molar-refractivity contribution is -0.137. The summed E-state index contributed by atoms with van der Waals surface area (Å²) >= 11 is 3.17. The zero-order valence-corrected chi connectivity index (χ0v) is 13.1. The Morgan fingerprint density at radius 1 is 1.00 bits per heavy atom. The molecule has 1 N–H and O–H groups in total. The molecule has 0 amide bonds. The lowest BCUT2D eigenvalue weighted by Gasteiger charge is -2.12. The van der Waals surface area contributed by atoms with Gasteiger partial charge < -0.3 is 5.32 Å². The van der Waals surface area contributed by atoms with Crippen LogP contribution in [0.1, 0.15) is 23.6 Å². The van der Waals surface area contributed by atoms with Gasteiger partial charge in [-0.2, -0.15) is 13.2 Å². The number of halogens is 4. The molecule has 2 rings (SSSR count).